The van der Waals surface area contributed by atoms with Crippen LogP contribution >= 0.6 is 18.9 Å². The summed E-state index contributed by atoms with van der Waals surface area (Å²) in [6, 6.07) is 15.3. The van der Waals surface area contributed by atoms with E-state index in [0.29, 0.717) is 23.4 Å². The molecular formula is C51H53F2N6O12PS. The van der Waals surface area contributed by atoms with Crippen LogP contribution in [0.25, 0.3) is 10.1 Å². The molecule has 5 heterocycles. The number of carbonyl (C=O) groups is 8. The molecule has 8 amide bonds. The minimum absolute atomic E-state index is 0.00505. The largest absolute Gasteiger partial charge is 0.399 e. The van der Waals surface area contributed by atoms with Gasteiger partial charge in [0.25, 0.3) is 17.7 Å². The number of hydrogen-bond donors (Lipinski definition) is 5. The van der Waals surface area contributed by atoms with Crippen LogP contribution in [0.2, 0.25) is 0 Å². The Morgan fingerprint density at radius 3 is 2.40 bits per heavy atom. The summed E-state index contributed by atoms with van der Waals surface area (Å²) in [6.07, 6.45) is 1.09. The van der Waals surface area contributed by atoms with E-state index in [9.17, 15) is 61.5 Å². The van der Waals surface area contributed by atoms with Crippen molar-refractivity contribution < 1.29 is 66.2 Å². The number of amides is 8. The summed E-state index contributed by atoms with van der Waals surface area (Å²) in [4.78, 5) is 129. The molecule has 1 aromatic heterocycles. The lowest BCUT2D eigenvalue weighted by Gasteiger charge is -2.38. The first-order valence-corrected chi connectivity index (χ1v) is 26.1. The minimum Gasteiger partial charge on any atom is -0.366 e. The van der Waals surface area contributed by atoms with Gasteiger partial charge in [0.1, 0.15) is 24.7 Å². The number of rotatable bonds is 13. The zero-order valence-corrected chi connectivity index (χ0v) is 41.7. The van der Waals surface area contributed by atoms with E-state index in [4.69, 9.17) is 4.74 Å². The van der Waals surface area contributed by atoms with Crippen LogP contribution in [0.1, 0.15) is 112 Å². The topological polar surface area (TPSA) is 249 Å². The Bertz CT molecular complexity index is 3020. The van der Waals surface area contributed by atoms with Crippen molar-refractivity contribution in [2.45, 2.75) is 95.1 Å². The fraction of sp³-hybridized carbons (Fsp3) is 0.412. The van der Waals surface area contributed by atoms with Crippen molar-refractivity contribution in [3.05, 3.63) is 105 Å². The third kappa shape index (κ3) is 11.3. The number of ether oxygens (including phenoxy) is 1. The minimum atomic E-state index is -5.86. The van der Waals surface area contributed by atoms with Crippen molar-refractivity contribution in [1.82, 2.24) is 30.7 Å². The predicted molar refractivity (Wildman–Crippen MR) is 261 cm³/mol. The van der Waals surface area contributed by atoms with Gasteiger partial charge in [0.2, 0.25) is 29.5 Å². The molecule has 3 aromatic carbocycles. The van der Waals surface area contributed by atoms with E-state index in [0.717, 1.165) is 46.8 Å². The molecule has 22 heteroatoms. The molecule has 3 saturated heterocycles. The Morgan fingerprint density at radius 2 is 1.68 bits per heavy atom. The number of alkyl halides is 2. The Kier molecular flexibility index (Phi) is 15.2. The van der Waals surface area contributed by atoms with Gasteiger partial charge in [0, 0.05) is 67.2 Å². The van der Waals surface area contributed by atoms with Gasteiger partial charge in [-0.25, -0.2) is 0 Å². The summed E-state index contributed by atoms with van der Waals surface area (Å²) in [5, 5.41) is 7.82. The predicted octanol–water partition coefficient (Wildman–Crippen LogP) is 4.62. The third-order valence-corrected chi connectivity index (χ3v) is 15.5. The van der Waals surface area contributed by atoms with E-state index in [1.165, 1.54) is 29.2 Å². The van der Waals surface area contributed by atoms with Gasteiger partial charge < -0.3 is 35.0 Å². The molecule has 73 heavy (non-hydrogen) atoms. The van der Waals surface area contributed by atoms with Gasteiger partial charge >= 0.3 is 13.3 Å². The van der Waals surface area contributed by atoms with Crippen LogP contribution < -0.4 is 16.0 Å². The Labute approximate surface area is 422 Å². The summed E-state index contributed by atoms with van der Waals surface area (Å²) in [7, 11) is -5.86. The standard InChI is InChI=1S/C51H53F2N6O12PS/c1-50(2,3)43(56-45(63)40-24-32-23-33(15-18-39(32)73-40)51(52,53)72(68,69)70)49(67)58-27-34(25-38(58)48(66)57-21-9-13-31(26-57)30-11-5-4-6-12-30)71-28-42(61)54-20-8-7-10-29-14-16-35-36(22-29)47(65)59(46(35)64)37-17-19-41(60)55-44(37)62/h4-6,11-12,14-16,18,22-24,31,34,37-38,43H,8-9,13,17,19-21,25-28H2,1-3H3,(H,54,61)(H,56,63)(H,55,60,62)(H2,68,69,70)/t31-,34-,37?,38-,43+/m0/s1. The molecule has 8 rings (SSSR count). The lowest BCUT2D eigenvalue weighted by Crippen LogP contribution is -2.58. The molecule has 5 N–H and O–H groups in total. The number of benzene rings is 3. The van der Waals surface area contributed by atoms with Crippen LogP contribution in [0.3, 0.4) is 0 Å². The molecule has 4 aromatic rings. The fourth-order valence-corrected chi connectivity index (χ4v) is 11.0. The van der Waals surface area contributed by atoms with Gasteiger partial charge in [-0.15, -0.1) is 11.3 Å². The second kappa shape index (κ2) is 21.0. The lowest BCUT2D eigenvalue weighted by atomic mass is 9.85. The number of imide groups is 2. The lowest BCUT2D eigenvalue weighted by molar-refractivity contribution is -0.147. The Hall–Kier alpha value is -6.69. The highest BCUT2D eigenvalue weighted by Crippen LogP contribution is 2.59. The van der Waals surface area contributed by atoms with Gasteiger partial charge in [0.05, 0.1) is 22.1 Å². The second-order valence-electron chi connectivity index (χ2n) is 19.5. The van der Waals surface area contributed by atoms with Crippen molar-refractivity contribution in [1.29, 1.82) is 0 Å². The average molecular weight is 1040 g/mol. The van der Waals surface area contributed by atoms with Gasteiger partial charge in [-0.1, -0.05) is 69.0 Å². The highest BCUT2D eigenvalue weighted by atomic mass is 32.1. The van der Waals surface area contributed by atoms with Crippen molar-refractivity contribution in [3.8, 4) is 11.8 Å². The van der Waals surface area contributed by atoms with Gasteiger partial charge in [0.15, 0.2) is 0 Å². The maximum absolute atomic E-state index is 14.8. The van der Waals surface area contributed by atoms with E-state index in [1.54, 1.807) is 31.7 Å². The zero-order chi connectivity index (χ0) is 52.6. The molecule has 0 aliphatic carbocycles. The summed E-state index contributed by atoms with van der Waals surface area (Å²) < 4.78 is 47.1. The normalized spacial score (nSPS) is 20.8. The summed E-state index contributed by atoms with van der Waals surface area (Å²) in [5.74, 6) is 1.31. The van der Waals surface area contributed by atoms with Gasteiger partial charge in [-0.3, -0.25) is 53.1 Å². The molecule has 1 unspecified atom stereocenters. The fourth-order valence-electron chi connectivity index (χ4n) is 9.53. The van der Waals surface area contributed by atoms with Crippen LogP contribution in [0.5, 0.6) is 0 Å². The number of piperidine rings is 2. The molecule has 4 aliphatic rings. The number of halogens is 2. The number of nitrogens with zero attached hydrogens (tertiary/aromatic N) is 3. The highest BCUT2D eigenvalue weighted by Gasteiger charge is 2.51. The summed E-state index contributed by atoms with van der Waals surface area (Å²) in [6.45, 7) is 5.67. The first-order chi connectivity index (χ1) is 34.5. The van der Waals surface area contributed by atoms with Crippen LogP contribution in [-0.2, 0) is 38.9 Å². The average Bonchev–Trinajstić information content (AvgIpc) is 4.05. The molecular weight excluding hydrogens is 990 g/mol. The van der Waals surface area contributed by atoms with Crippen LogP contribution in [0, 0.1) is 17.3 Å². The van der Waals surface area contributed by atoms with E-state index >= 15 is 0 Å². The van der Waals surface area contributed by atoms with Crippen LogP contribution in [0.15, 0.2) is 72.8 Å². The van der Waals surface area contributed by atoms with Gasteiger partial charge in [-0.05, 0) is 72.0 Å². The smallest absolute Gasteiger partial charge is 0.366 e. The molecule has 5 atom stereocenters. The van der Waals surface area contributed by atoms with Crippen LogP contribution in [-0.4, -0.2) is 129 Å². The van der Waals surface area contributed by atoms with Crippen molar-refractivity contribution in [2.75, 3.05) is 32.8 Å². The first kappa shape index (κ1) is 52.6. The first-order valence-electron chi connectivity index (χ1n) is 23.7. The molecule has 18 nitrogen and oxygen atoms in total. The molecule has 0 saturated carbocycles. The number of fused-ring (bicyclic) bond motifs is 2. The summed E-state index contributed by atoms with van der Waals surface area (Å²) in [5.41, 5.74) is -4.62. The third-order valence-electron chi connectivity index (χ3n) is 13.4. The molecule has 0 bridgehead atoms. The number of likely N-dealkylation sites (tertiary alicyclic amines) is 2. The monoisotopic (exact) mass is 1040 g/mol. The molecule has 0 spiro atoms. The number of hydrogen-bond acceptors (Lipinski definition) is 11. The van der Waals surface area contributed by atoms with Crippen molar-refractivity contribution >= 4 is 76.3 Å². The maximum Gasteiger partial charge on any atom is 0.399 e. The van der Waals surface area contributed by atoms with Crippen LogP contribution in [0.4, 0.5) is 8.78 Å². The quantitative estimate of drug-likeness (QED) is 0.0533. The van der Waals surface area contributed by atoms with Crippen molar-refractivity contribution in [3.63, 3.8) is 0 Å². The molecule has 384 valence electrons. The van der Waals surface area contributed by atoms with E-state index in [1.807, 2.05) is 30.3 Å². The highest BCUT2D eigenvalue weighted by molar-refractivity contribution is 7.52. The molecule has 3 fully saturated rings. The van der Waals surface area contributed by atoms with Gasteiger partial charge in [-0.2, -0.15) is 8.78 Å². The molecule has 0 radical (unpaired) electrons. The van der Waals surface area contributed by atoms with Crippen molar-refractivity contribution in [2.24, 2.45) is 5.41 Å². The van der Waals surface area contributed by atoms with E-state index in [2.05, 4.69) is 27.8 Å². The number of nitrogens with one attached hydrogen (secondary N) is 3. The Morgan fingerprint density at radius 1 is 0.945 bits per heavy atom. The second-order valence-corrected chi connectivity index (χ2v) is 22.3. The van der Waals surface area contributed by atoms with E-state index in [-0.39, 0.29) is 72.0 Å². The number of thiophene rings is 1. The number of carbonyl (C=O) groups excluding carboxylic acids is 8. The SMILES string of the molecule is CC(C)(C)[C@H](NC(=O)c1cc2cc(C(F)(F)P(=O)(O)O)ccc2s1)C(=O)N1C[C@@H](OCC(=O)NCCC#Cc2ccc3c(c2)C(=O)N(C2CCC(=O)NC2=O)C3=O)C[C@H]1C(=O)N1CCC[C@H](c2ccccc2)C1. The summed E-state index contributed by atoms with van der Waals surface area (Å²) >= 11 is 0.934. The molecule has 4 aliphatic heterocycles. The maximum atomic E-state index is 14.8. The zero-order valence-electron chi connectivity index (χ0n) is 40.0. The van der Waals surface area contributed by atoms with E-state index < -0.39 is 96.4 Å². The Balaban J connectivity index is 0.920.